The van der Waals surface area contributed by atoms with Crippen molar-refractivity contribution in [1.82, 2.24) is 25.1 Å². The van der Waals surface area contributed by atoms with E-state index in [0.29, 0.717) is 6.61 Å². The van der Waals surface area contributed by atoms with Crippen molar-refractivity contribution in [3.63, 3.8) is 0 Å². The van der Waals surface area contributed by atoms with Crippen LogP contribution < -0.4 is 4.74 Å². The predicted octanol–water partition coefficient (Wildman–Crippen LogP) is 8.02. The minimum absolute atomic E-state index is 0.495. The van der Waals surface area contributed by atoms with Crippen molar-refractivity contribution in [3.8, 4) is 39.4 Å². The Balaban J connectivity index is 1.27. The zero-order valence-electron chi connectivity index (χ0n) is 20.7. The van der Waals surface area contributed by atoms with E-state index in [0.717, 1.165) is 70.3 Å². The van der Waals surface area contributed by atoms with Crippen LogP contribution in [0.1, 0.15) is 5.56 Å². The molecule has 0 unspecified atom stereocenters. The molecule has 0 fully saturated rings. The lowest BCUT2D eigenvalue weighted by Crippen LogP contribution is -1.96. The third-order valence-electron chi connectivity index (χ3n) is 6.81. The van der Waals surface area contributed by atoms with Crippen molar-refractivity contribution < 1.29 is 4.74 Å². The Morgan fingerprint density at radius 2 is 1.62 bits per heavy atom. The molecular weight excluding hydrogens is 597 g/mol. The maximum Gasteiger partial charge on any atom is 0.138 e. The topological polar surface area (TPSA) is 79.5 Å². The van der Waals surface area contributed by atoms with Crippen LogP contribution in [0.4, 0.5) is 0 Å². The maximum atomic E-state index is 6.05. The SMILES string of the molecule is Ic1cc2[nH]nc(-c3cc4c(-c5cccnc5)cccc4[nH]3)c2cc1-c1cncc(OCc2ccccc2)c1. The fourth-order valence-corrected chi connectivity index (χ4v) is 5.69. The largest absolute Gasteiger partial charge is 0.487 e. The third kappa shape index (κ3) is 4.55. The number of rotatable bonds is 6. The van der Waals surface area contributed by atoms with Crippen LogP contribution in [0.3, 0.4) is 0 Å². The van der Waals surface area contributed by atoms with Crippen LogP contribution in [-0.2, 0) is 6.61 Å². The summed E-state index contributed by atoms with van der Waals surface area (Å²) in [5.74, 6) is 0.734. The number of aromatic nitrogens is 5. The molecule has 0 amide bonds. The first-order valence-electron chi connectivity index (χ1n) is 12.6. The fraction of sp³-hybridized carbons (Fsp3) is 0.0312. The second kappa shape index (κ2) is 9.99. The quantitative estimate of drug-likeness (QED) is 0.185. The number of hydrogen-bond acceptors (Lipinski definition) is 4. The molecule has 0 aliphatic rings. The number of benzene rings is 3. The van der Waals surface area contributed by atoms with Crippen LogP contribution in [0.25, 0.3) is 55.4 Å². The predicted molar refractivity (Wildman–Crippen MR) is 163 cm³/mol. The summed E-state index contributed by atoms with van der Waals surface area (Å²) in [6.07, 6.45) is 7.32. The van der Waals surface area contributed by atoms with Gasteiger partial charge in [-0.3, -0.25) is 15.1 Å². The van der Waals surface area contributed by atoms with E-state index in [9.17, 15) is 0 Å². The van der Waals surface area contributed by atoms with E-state index in [4.69, 9.17) is 9.84 Å². The molecule has 6 nitrogen and oxygen atoms in total. The third-order valence-corrected chi connectivity index (χ3v) is 7.71. The molecule has 7 aromatic rings. The van der Waals surface area contributed by atoms with E-state index in [1.807, 2.05) is 42.7 Å². The highest BCUT2D eigenvalue weighted by Gasteiger charge is 2.16. The summed E-state index contributed by atoms with van der Waals surface area (Å²) >= 11 is 2.37. The Hall–Kier alpha value is -4.50. The summed E-state index contributed by atoms with van der Waals surface area (Å²) in [5, 5.41) is 10.1. The average Bonchev–Trinajstić information content (AvgIpc) is 3.60. The molecule has 7 heteroatoms. The zero-order valence-corrected chi connectivity index (χ0v) is 22.9. The monoisotopic (exact) mass is 619 g/mol. The van der Waals surface area contributed by atoms with E-state index in [1.54, 1.807) is 12.4 Å². The van der Waals surface area contributed by atoms with Crippen molar-refractivity contribution in [1.29, 1.82) is 0 Å². The number of ether oxygens (including phenoxy) is 1. The Bertz CT molecular complexity index is 1930. The van der Waals surface area contributed by atoms with Gasteiger partial charge in [0, 0.05) is 49.6 Å². The van der Waals surface area contributed by atoms with Crippen LogP contribution in [0, 0.1) is 3.57 Å². The van der Waals surface area contributed by atoms with Gasteiger partial charge in [0.25, 0.3) is 0 Å². The molecule has 0 radical (unpaired) electrons. The van der Waals surface area contributed by atoms with Gasteiger partial charge in [0.1, 0.15) is 18.1 Å². The first kappa shape index (κ1) is 23.6. The first-order chi connectivity index (χ1) is 19.2. The van der Waals surface area contributed by atoms with Crippen molar-refractivity contribution in [2.45, 2.75) is 6.61 Å². The molecule has 0 atom stereocenters. The smallest absolute Gasteiger partial charge is 0.138 e. The molecule has 0 aliphatic heterocycles. The van der Waals surface area contributed by atoms with E-state index >= 15 is 0 Å². The van der Waals surface area contributed by atoms with Gasteiger partial charge in [-0.05, 0) is 75.7 Å². The van der Waals surface area contributed by atoms with Crippen LogP contribution in [-0.4, -0.2) is 25.1 Å². The number of pyridine rings is 2. The van der Waals surface area contributed by atoms with E-state index < -0.39 is 0 Å². The minimum Gasteiger partial charge on any atom is -0.487 e. The molecule has 0 aliphatic carbocycles. The molecule has 39 heavy (non-hydrogen) atoms. The summed E-state index contributed by atoms with van der Waals surface area (Å²) in [5.41, 5.74) is 9.28. The lowest BCUT2D eigenvalue weighted by Gasteiger charge is -2.09. The normalized spacial score (nSPS) is 11.3. The molecular formula is C32H22IN5O. The number of aromatic amines is 2. The van der Waals surface area contributed by atoms with Gasteiger partial charge in [0.15, 0.2) is 0 Å². The van der Waals surface area contributed by atoms with Crippen molar-refractivity contribution in [2.75, 3.05) is 0 Å². The second-order valence-electron chi connectivity index (χ2n) is 9.32. The number of nitrogens with one attached hydrogen (secondary N) is 2. The lowest BCUT2D eigenvalue weighted by molar-refractivity contribution is 0.305. The number of nitrogens with zero attached hydrogens (tertiary/aromatic N) is 3. The van der Waals surface area contributed by atoms with Crippen LogP contribution in [0.5, 0.6) is 5.75 Å². The molecule has 7 rings (SSSR count). The maximum absolute atomic E-state index is 6.05. The molecule has 4 aromatic heterocycles. The first-order valence-corrected chi connectivity index (χ1v) is 13.6. The van der Waals surface area contributed by atoms with Crippen LogP contribution >= 0.6 is 22.6 Å². The summed E-state index contributed by atoms with van der Waals surface area (Å²) < 4.78 is 7.15. The average molecular weight is 619 g/mol. The highest BCUT2D eigenvalue weighted by atomic mass is 127. The minimum atomic E-state index is 0.495. The Morgan fingerprint density at radius 3 is 2.49 bits per heavy atom. The summed E-state index contributed by atoms with van der Waals surface area (Å²) in [4.78, 5) is 12.3. The molecule has 0 saturated carbocycles. The fourth-order valence-electron chi connectivity index (χ4n) is 4.91. The Morgan fingerprint density at radius 1 is 0.718 bits per heavy atom. The molecule has 4 heterocycles. The highest BCUT2D eigenvalue weighted by Crippen LogP contribution is 2.37. The standard InChI is InChI=1S/C32H22IN5O/c33-28-15-30-27(13-25(28)22-12-23(18-35-17-22)39-19-20-6-2-1-3-7-20)32(38-37-30)31-14-26-24(9-4-10-29(26)36-31)21-8-5-11-34-16-21/h1-18,36H,19H2,(H,37,38). The molecule has 0 saturated heterocycles. The van der Waals surface area contributed by atoms with Gasteiger partial charge >= 0.3 is 0 Å². The van der Waals surface area contributed by atoms with E-state index in [-0.39, 0.29) is 0 Å². The number of H-pyrrole nitrogens is 2. The lowest BCUT2D eigenvalue weighted by atomic mass is 10.0. The van der Waals surface area contributed by atoms with E-state index in [1.165, 1.54) is 0 Å². The number of hydrogen-bond donors (Lipinski definition) is 2. The zero-order chi connectivity index (χ0) is 26.2. The van der Waals surface area contributed by atoms with E-state index in [2.05, 4.69) is 97.2 Å². The molecule has 188 valence electrons. The van der Waals surface area contributed by atoms with Crippen molar-refractivity contribution >= 4 is 44.4 Å². The van der Waals surface area contributed by atoms with Gasteiger partial charge < -0.3 is 9.72 Å². The van der Waals surface area contributed by atoms with Crippen molar-refractivity contribution in [2.24, 2.45) is 0 Å². The summed E-state index contributed by atoms with van der Waals surface area (Å²) in [7, 11) is 0. The summed E-state index contributed by atoms with van der Waals surface area (Å²) in [6, 6.07) is 29.0. The van der Waals surface area contributed by atoms with Gasteiger partial charge in [-0.15, -0.1) is 0 Å². The van der Waals surface area contributed by atoms with Gasteiger partial charge in [-0.1, -0.05) is 48.5 Å². The molecule has 0 bridgehead atoms. The van der Waals surface area contributed by atoms with Crippen molar-refractivity contribution in [3.05, 3.63) is 119 Å². The Kier molecular flexibility index (Phi) is 6.05. The van der Waals surface area contributed by atoms with Gasteiger partial charge in [-0.25, -0.2) is 0 Å². The van der Waals surface area contributed by atoms with Gasteiger partial charge in [0.05, 0.1) is 17.4 Å². The summed E-state index contributed by atoms with van der Waals surface area (Å²) in [6.45, 7) is 0.495. The highest BCUT2D eigenvalue weighted by molar-refractivity contribution is 14.1. The second-order valence-corrected chi connectivity index (χ2v) is 10.5. The van der Waals surface area contributed by atoms with Gasteiger partial charge in [-0.2, -0.15) is 5.10 Å². The molecule has 3 aromatic carbocycles. The van der Waals surface area contributed by atoms with Crippen LogP contribution in [0.2, 0.25) is 0 Å². The number of halogens is 1. The van der Waals surface area contributed by atoms with Crippen LogP contribution in [0.15, 0.2) is 110 Å². The molecule has 2 N–H and O–H groups in total. The number of fused-ring (bicyclic) bond motifs is 2. The van der Waals surface area contributed by atoms with Gasteiger partial charge in [0.2, 0.25) is 0 Å². The Labute approximate surface area is 238 Å². The molecule has 0 spiro atoms.